The van der Waals surface area contributed by atoms with Gasteiger partial charge in [-0.2, -0.15) is 0 Å². The molecule has 1 aliphatic rings. The molecule has 1 aliphatic carbocycles. The van der Waals surface area contributed by atoms with Crippen molar-refractivity contribution < 1.29 is 13.6 Å². The SMILES string of the molecule is C=C(c1ncc(-c2ccc(C(=O)NC3CC3)c(C)c2)n1N)S(=O)[O-]. The first-order chi connectivity index (χ1) is 11.4. The van der Waals surface area contributed by atoms with Crippen LogP contribution in [0.3, 0.4) is 0 Å². The first kappa shape index (κ1) is 16.4. The maximum Gasteiger partial charge on any atom is 0.251 e. The van der Waals surface area contributed by atoms with Crippen molar-refractivity contribution in [1.82, 2.24) is 15.0 Å². The van der Waals surface area contributed by atoms with Crippen molar-refractivity contribution in [3.05, 3.63) is 47.9 Å². The van der Waals surface area contributed by atoms with Gasteiger partial charge in [-0.25, -0.2) is 9.66 Å². The Hall–Kier alpha value is -2.45. The molecular formula is C16H17N4O3S-. The van der Waals surface area contributed by atoms with Crippen LogP contribution in [0.4, 0.5) is 0 Å². The lowest BCUT2D eigenvalue weighted by Gasteiger charge is -2.11. The Morgan fingerprint density at radius 3 is 2.79 bits per heavy atom. The average molecular weight is 345 g/mol. The largest absolute Gasteiger partial charge is 0.768 e. The summed E-state index contributed by atoms with van der Waals surface area (Å²) >= 11 is -2.49. The van der Waals surface area contributed by atoms with Crippen LogP contribution in [-0.2, 0) is 11.1 Å². The first-order valence-corrected chi connectivity index (χ1v) is 8.49. The Kier molecular flexibility index (Phi) is 4.25. The van der Waals surface area contributed by atoms with Crippen molar-refractivity contribution in [3.63, 3.8) is 0 Å². The molecule has 2 aromatic rings. The van der Waals surface area contributed by atoms with Crippen LogP contribution in [0.1, 0.15) is 34.6 Å². The summed E-state index contributed by atoms with van der Waals surface area (Å²) in [6, 6.07) is 5.61. The van der Waals surface area contributed by atoms with E-state index in [0.717, 1.165) is 24.0 Å². The van der Waals surface area contributed by atoms with Crippen LogP contribution >= 0.6 is 0 Å². The van der Waals surface area contributed by atoms with Crippen molar-refractivity contribution in [2.45, 2.75) is 25.8 Å². The van der Waals surface area contributed by atoms with E-state index in [2.05, 4.69) is 16.9 Å². The van der Waals surface area contributed by atoms with Crippen LogP contribution in [0.15, 0.2) is 31.0 Å². The van der Waals surface area contributed by atoms with Crippen LogP contribution in [-0.4, -0.2) is 30.4 Å². The average Bonchev–Trinajstić information content (AvgIpc) is 3.26. The van der Waals surface area contributed by atoms with Crippen LogP contribution in [0.25, 0.3) is 16.2 Å². The van der Waals surface area contributed by atoms with Gasteiger partial charge in [0.05, 0.1) is 16.8 Å². The molecule has 1 aromatic heterocycles. The number of aromatic nitrogens is 2. The molecule has 3 rings (SSSR count). The fraction of sp³-hybridized carbons (Fsp3) is 0.250. The lowest BCUT2D eigenvalue weighted by atomic mass is 10.0. The molecule has 1 fully saturated rings. The van der Waals surface area contributed by atoms with Gasteiger partial charge in [0.15, 0.2) is 5.82 Å². The number of hydrogen-bond acceptors (Lipinski definition) is 5. The smallest absolute Gasteiger partial charge is 0.251 e. The Morgan fingerprint density at radius 1 is 1.50 bits per heavy atom. The minimum Gasteiger partial charge on any atom is -0.768 e. The van der Waals surface area contributed by atoms with Gasteiger partial charge in [0, 0.05) is 17.2 Å². The fourth-order valence-electron chi connectivity index (χ4n) is 2.42. The molecule has 0 aliphatic heterocycles. The minimum absolute atomic E-state index is 0.0755. The van der Waals surface area contributed by atoms with E-state index in [9.17, 15) is 13.6 Å². The van der Waals surface area contributed by atoms with E-state index in [0.29, 0.717) is 17.3 Å². The number of amides is 1. The molecule has 3 N–H and O–H groups in total. The zero-order valence-electron chi connectivity index (χ0n) is 13.1. The number of nitrogens with two attached hydrogens (primary N) is 1. The van der Waals surface area contributed by atoms with Crippen LogP contribution in [0.5, 0.6) is 0 Å². The zero-order valence-corrected chi connectivity index (χ0v) is 13.9. The van der Waals surface area contributed by atoms with Gasteiger partial charge in [0.2, 0.25) is 0 Å². The molecule has 1 aromatic carbocycles. The second kappa shape index (κ2) is 6.21. The zero-order chi connectivity index (χ0) is 17.4. The molecule has 1 amide bonds. The molecule has 0 spiro atoms. The van der Waals surface area contributed by atoms with Crippen molar-refractivity contribution >= 4 is 21.9 Å². The van der Waals surface area contributed by atoms with E-state index in [1.54, 1.807) is 12.1 Å². The number of rotatable bonds is 5. The summed E-state index contributed by atoms with van der Waals surface area (Å²) in [5, 5.41) is 2.95. The summed E-state index contributed by atoms with van der Waals surface area (Å²) < 4.78 is 23.2. The Morgan fingerprint density at radius 2 is 2.21 bits per heavy atom. The lowest BCUT2D eigenvalue weighted by molar-refractivity contribution is 0.0950. The molecule has 1 saturated carbocycles. The lowest BCUT2D eigenvalue weighted by Crippen LogP contribution is -2.26. The molecule has 126 valence electrons. The number of aryl methyl sites for hydroxylation is 1. The number of benzene rings is 1. The number of carbonyl (C=O) groups is 1. The predicted molar refractivity (Wildman–Crippen MR) is 91.0 cm³/mol. The normalized spacial score (nSPS) is 15.1. The molecule has 7 nitrogen and oxygen atoms in total. The third-order valence-electron chi connectivity index (χ3n) is 3.93. The highest BCUT2D eigenvalue weighted by Crippen LogP contribution is 2.25. The van der Waals surface area contributed by atoms with Gasteiger partial charge in [0.1, 0.15) is 0 Å². The summed E-state index contributed by atoms with van der Waals surface area (Å²) in [4.78, 5) is 16.0. The number of carbonyl (C=O) groups excluding carboxylic acids is 1. The Bertz CT molecular complexity index is 855. The van der Waals surface area contributed by atoms with Gasteiger partial charge < -0.3 is 15.7 Å². The van der Waals surface area contributed by atoms with Gasteiger partial charge in [-0.3, -0.25) is 9.00 Å². The Labute approximate surface area is 141 Å². The second-order valence-electron chi connectivity index (χ2n) is 5.77. The molecule has 1 heterocycles. The molecule has 1 unspecified atom stereocenters. The summed E-state index contributed by atoms with van der Waals surface area (Å²) in [5.74, 6) is 5.93. The highest BCUT2D eigenvalue weighted by Gasteiger charge is 2.24. The standard InChI is InChI=1S/C16H18N4O3S/c1-9-7-11(3-6-13(9)16(21)19-12-4-5-12)14-8-18-15(20(14)17)10(2)24(22)23/h3,6-8,12H,2,4-5,17H2,1H3,(H,19,21)(H,22,23)/p-1. The fourth-order valence-corrected chi connectivity index (χ4v) is 2.72. The third-order valence-corrected chi connectivity index (χ3v) is 4.51. The molecule has 0 bridgehead atoms. The van der Waals surface area contributed by atoms with E-state index in [1.165, 1.54) is 10.9 Å². The summed E-state index contributed by atoms with van der Waals surface area (Å²) in [6.45, 7) is 5.29. The topological polar surface area (TPSA) is 113 Å². The van der Waals surface area contributed by atoms with Gasteiger partial charge >= 0.3 is 0 Å². The summed E-state index contributed by atoms with van der Waals surface area (Å²) in [5.41, 5.74) is 2.69. The number of hydrogen-bond donors (Lipinski definition) is 2. The van der Waals surface area contributed by atoms with Crippen molar-refractivity contribution in [3.8, 4) is 11.3 Å². The quantitative estimate of drug-likeness (QED) is 0.627. The monoisotopic (exact) mass is 345 g/mol. The maximum absolute atomic E-state index is 12.2. The van der Waals surface area contributed by atoms with Gasteiger partial charge in [-0.15, -0.1) is 0 Å². The predicted octanol–water partition coefficient (Wildman–Crippen LogP) is 1.31. The third kappa shape index (κ3) is 3.10. The summed E-state index contributed by atoms with van der Waals surface area (Å²) in [6.07, 6.45) is 3.54. The van der Waals surface area contributed by atoms with E-state index < -0.39 is 11.1 Å². The van der Waals surface area contributed by atoms with E-state index in [1.807, 2.05) is 13.0 Å². The minimum atomic E-state index is -2.49. The van der Waals surface area contributed by atoms with Crippen LogP contribution < -0.4 is 11.2 Å². The second-order valence-corrected chi connectivity index (χ2v) is 6.73. The van der Waals surface area contributed by atoms with Crippen molar-refractivity contribution in [2.24, 2.45) is 0 Å². The molecule has 24 heavy (non-hydrogen) atoms. The van der Waals surface area contributed by atoms with E-state index >= 15 is 0 Å². The highest BCUT2D eigenvalue weighted by molar-refractivity contribution is 7.89. The number of imidazole rings is 1. The maximum atomic E-state index is 12.2. The number of nitrogens with zero attached hydrogens (tertiary/aromatic N) is 2. The number of nitrogens with one attached hydrogen (secondary N) is 1. The van der Waals surface area contributed by atoms with Crippen molar-refractivity contribution in [1.29, 1.82) is 0 Å². The molecule has 1 atom stereocenters. The highest BCUT2D eigenvalue weighted by atomic mass is 32.2. The first-order valence-electron chi connectivity index (χ1n) is 7.41. The van der Waals surface area contributed by atoms with E-state index in [4.69, 9.17) is 5.84 Å². The van der Waals surface area contributed by atoms with Gasteiger partial charge in [-0.05, 0) is 48.5 Å². The molecule has 0 radical (unpaired) electrons. The van der Waals surface area contributed by atoms with E-state index in [-0.39, 0.29) is 16.6 Å². The van der Waals surface area contributed by atoms with Crippen LogP contribution in [0.2, 0.25) is 0 Å². The van der Waals surface area contributed by atoms with Crippen molar-refractivity contribution in [2.75, 3.05) is 5.84 Å². The Balaban J connectivity index is 1.90. The van der Waals surface area contributed by atoms with Gasteiger partial charge in [-0.1, -0.05) is 12.6 Å². The summed E-state index contributed by atoms with van der Waals surface area (Å²) in [7, 11) is 0. The van der Waals surface area contributed by atoms with Gasteiger partial charge in [0.25, 0.3) is 5.91 Å². The van der Waals surface area contributed by atoms with Crippen LogP contribution in [0, 0.1) is 6.92 Å². The number of nitrogen functional groups attached to an aromatic ring is 1. The molecule has 8 heteroatoms. The molecule has 0 saturated heterocycles. The molecular weight excluding hydrogens is 328 g/mol.